The predicted octanol–water partition coefficient (Wildman–Crippen LogP) is 22.9. The van der Waals surface area contributed by atoms with Crippen LogP contribution in [0, 0.1) is 0 Å². The molecule has 2 amide bonds. The van der Waals surface area contributed by atoms with Gasteiger partial charge < -0.3 is 34.7 Å². The van der Waals surface area contributed by atoms with Crippen LogP contribution in [0.25, 0.3) is 0 Å². The van der Waals surface area contributed by atoms with Gasteiger partial charge in [-0.25, -0.2) is 0 Å². The first-order chi connectivity index (χ1) is 44.1. The summed E-state index contributed by atoms with van der Waals surface area (Å²) in [5, 5.41) is 15.9. The molecular weight excluding hydrogens is 1120 g/mol. The van der Waals surface area contributed by atoms with Crippen molar-refractivity contribution >= 4 is 23.8 Å². The lowest BCUT2D eigenvalue weighted by Crippen LogP contribution is -2.41. The summed E-state index contributed by atoms with van der Waals surface area (Å²) in [6, 6.07) is -0.348. The average molecular weight is 1280 g/mol. The van der Waals surface area contributed by atoms with Crippen molar-refractivity contribution in [3.05, 3.63) is 0 Å². The molecule has 0 saturated carbocycles. The number of rotatable bonds is 72. The van der Waals surface area contributed by atoms with Gasteiger partial charge in [0.1, 0.15) is 12.2 Å². The molecule has 0 radical (unpaired) electrons. The number of aliphatic hydroxyl groups excluding tert-OH is 1. The molecule has 0 saturated heterocycles. The summed E-state index contributed by atoms with van der Waals surface area (Å²) in [4.78, 5) is 50.1. The fourth-order valence-corrected chi connectivity index (χ4v) is 11.9. The number of esters is 2. The maximum Gasteiger partial charge on any atom is 0.306 e. The number of aliphatic hydroxyl groups is 1. The predicted molar refractivity (Wildman–Crippen MR) is 384 cm³/mol. The normalized spacial score (nSPS) is 12.7. The van der Waals surface area contributed by atoms with Crippen molar-refractivity contribution in [3.63, 3.8) is 0 Å². The van der Waals surface area contributed by atoms with E-state index in [2.05, 4.69) is 59.1 Å². The van der Waals surface area contributed by atoms with E-state index in [1.165, 1.54) is 257 Å². The number of amides is 2. The van der Waals surface area contributed by atoms with E-state index < -0.39 is 6.04 Å². The highest BCUT2D eigenvalue weighted by Gasteiger charge is 2.19. The lowest BCUT2D eigenvalue weighted by atomic mass is 10.1. The van der Waals surface area contributed by atoms with Crippen molar-refractivity contribution in [1.82, 2.24) is 10.6 Å². The molecule has 0 unspecified atom stereocenters. The topological polar surface area (TPSA) is 149 Å². The molecule has 3 N–H and O–H groups in total. The van der Waals surface area contributed by atoms with Crippen LogP contribution in [0.3, 0.4) is 0 Å². The number of hydrogen-bond acceptors (Lipinski definition) is 9. The Hall–Kier alpha value is -2.24. The highest BCUT2D eigenvalue weighted by atomic mass is 16.6. The molecule has 0 rings (SSSR count). The molecule has 90 heavy (non-hydrogen) atoms. The van der Waals surface area contributed by atoms with Crippen LogP contribution in [0.15, 0.2) is 0 Å². The molecule has 11 heteroatoms. The average Bonchev–Trinajstić information content (AvgIpc) is 3.66. The van der Waals surface area contributed by atoms with Crippen LogP contribution < -0.4 is 10.6 Å². The molecule has 0 spiro atoms. The lowest BCUT2D eigenvalue weighted by molar-refractivity contribution is -0.151. The Morgan fingerprint density at radius 2 is 0.522 bits per heavy atom. The van der Waals surface area contributed by atoms with Gasteiger partial charge in [-0.2, -0.15) is 0 Å². The minimum absolute atomic E-state index is 0.0102. The third kappa shape index (κ3) is 70.1. The van der Waals surface area contributed by atoms with E-state index in [4.69, 9.17) is 18.9 Å². The van der Waals surface area contributed by atoms with E-state index in [1.54, 1.807) is 0 Å². The molecule has 0 aliphatic rings. The summed E-state index contributed by atoms with van der Waals surface area (Å²) in [6.45, 7) is 17.3. The molecule has 0 fully saturated rings. The van der Waals surface area contributed by atoms with Crippen molar-refractivity contribution in [2.45, 2.75) is 452 Å². The van der Waals surface area contributed by atoms with Gasteiger partial charge in [-0.15, -0.1) is 0 Å². The van der Waals surface area contributed by atoms with Gasteiger partial charge in [-0.05, 0) is 57.8 Å². The number of nitrogens with one attached hydrogen (secondary N) is 2. The largest absolute Gasteiger partial charge is 0.462 e. The zero-order valence-electron chi connectivity index (χ0n) is 61.3. The summed E-state index contributed by atoms with van der Waals surface area (Å²) in [7, 11) is 0. The number of carbonyl (C=O) groups is 4. The lowest BCUT2D eigenvalue weighted by Gasteiger charge is -2.20. The fraction of sp³-hybridized carbons (Fsp3) is 0.949. The molecule has 11 nitrogen and oxygen atoms in total. The second kappa shape index (κ2) is 75.8. The highest BCUT2D eigenvalue weighted by Crippen LogP contribution is 2.20. The molecule has 536 valence electrons. The van der Waals surface area contributed by atoms with Crippen molar-refractivity contribution < 1.29 is 43.2 Å². The number of hydrogen-bond donors (Lipinski definition) is 3. The molecule has 0 heterocycles. The van der Waals surface area contributed by atoms with Gasteiger partial charge in [-0.1, -0.05) is 331 Å². The molecular formula is C79H156N2O9. The second-order valence-corrected chi connectivity index (χ2v) is 27.2. The van der Waals surface area contributed by atoms with E-state index >= 15 is 0 Å². The van der Waals surface area contributed by atoms with Gasteiger partial charge in [0.25, 0.3) is 0 Å². The second-order valence-electron chi connectivity index (χ2n) is 27.2. The van der Waals surface area contributed by atoms with E-state index in [1.807, 2.05) is 0 Å². The Balaban J connectivity index is 0. The van der Waals surface area contributed by atoms with Crippen LogP contribution in [-0.4, -0.2) is 86.2 Å². The van der Waals surface area contributed by atoms with Crippen LogP contribution in [0.1, 0.15) is 427 Å². The van der Waals surface area contributed by atoms with Crippen molar-refractivity contribution in [2.75, 3.05) is 33.0 Å². The van der Waals surface area contributed by atoms with Crippen LogP contribution in [0.4, 0.5) is 0 Å². The van der Waals surface area contributed by atoms with Crippen molar-refractivity contribution in [1.29, 1.82) is 0 Å². The highest BCUT2D eigenvalue weighted by molar-refractivity contribution is 5.76. The van der Waals surface area contributed by atoms with Gasteiger partial charge in [0.15, 0.2) is 0 Å². The van der Waals surface area contributed by atoms with Gasteiger partial charge in [0, 0.05) is 38.5 Å². The molecule has 0 aliphatic heterocycles. The monoisotopic (exact) mass is 1280 g/mol. The third-order valence-electron chi connectivity index (χ3n) is 18.1. The molecule has 0 aromatic heterocycles. The molecule has 0 aromatic rings. The maximum absolute atomic E-state index is 12.6. The van der Waals surface area contributed by atoms with Crippen LogP contribution in [0.2, 0.25) is 0 Å². The first-order valence-corrected chi connectivity index (χ1v) is 39.9. The Morgan fingerprint density at radius 3 is 0.789 bits per heavy atom. The smallest absolute Gasteiger partial charge is 0.306 e. The van der Waals surface area contributed by atoms with Gasteiger partial charge in [0.2, 0.25) is 11.8 Å². The zero-order valence-corrected chi connectivity index (χ0v) is 61.3. The molecule has 0 bridgehead atoms. The Bertz CT molecular complexity index is 1360. The SMILES string of the molecule is CCCCCCCCCCCCCC(=O)N[C@@H](CC)COCC[C@@H](CCCCCCC)OC(=O)CCCCCCCCCCC.CCCCCCCCCCCCCC(=O)N[C@@H](CO)COCC[C@@H](CCCCCCC)OC(=O)CCCCCCCCCCC. The number of ether oxygens (including phenoxy) is 4. The van der Waals surface area contributed by atoms with Crippen molar-refractivity contribution in [2.24, 2.45) is 0 Å². The quantitative estimate of drug-likeness (QED) is 0.0400. The summed E-state index contributed by atoms with van der Waals surface area (Å²) in [6.07, 6.45) is 68.4. The van der Waals surface area contributed by atoms with E-state index in [-0.39, 0.29) is 55.2 Å². The van der Waals surface area contributed by atoms with Crippen LogP contribution in [-0.2, 0) is 38.1 Å². The van der Waals surface area contributed by atoms with Crippen LogP contribution >= 0.6 is 0 Å². The number of carbonyl (C=O) groups excluding carboxylic acids is 4. The first-order valence-electron chi connectivity index (χ1n) is 39.9. The van der Waals surface area contributed by atoms with Gasteiger partial charge in [0.05, 0.1) is 45.1 Å². The van der Waals surface area contributed by atoms with E-state index in [0.717, 1.165) is 89.9 Å². The maximum atomic E-state index is 12.6. The summed E-state index contributed by atoms with van der Waals surface area (Å²) in [5.74, 6) is 0.0118. The first kappa shape index (κ1) is 89.8. The van der Waals surface area contributed by atoms with E-state index in [0.29, 0.717) is 51.9 Å². The summed E-state index contributed by atoms with van der Waals surface area (Å²) >= 11 is 0. The van der Waals surface area contributed by atoms with Crippen molar-refractivity contribution in [3.8, 4) is 0 Å². The van der Waals surface area contributed by atoms with Gasteiger partial charge in [-0.3, -0.25) is 19.2 Å². The third-order valence-corrected chi connectivity index (χ3v) is 18.1. The Morgan fingerprint density at radius 1 is 0.289 bits per heavy atom. The molecule has 0 aromatic carbocycles. The standard InChI is InChI=1S/C40H79NO4.C39H77NO5/c1-5-9-12-15-17-19-20-22-23-26-29-32-39(42)41-37(8-4)36-44-35-34-38(31-28-25-14-11-7-3)45-40(43)33-30-27-24-21-18-16-13-10-6-2;1-4-7-10-13-15-17-18-20-21-24-27-30-38(42)40-36(34-41)35-44-33-32-37(29-26-23-12-9-6-3)45-39(43)31-28-25-22-19-16-14-11-8-5-2/h37-38H,5-36H2,1-4H3,(H,41,42);36-37,41H,4-35H2,1-3H3,(H,40,42)/t37-,38+;36-,37+/m00/s1. The van der Waals surface area contributed by atoms with Gasteiger partial charge >= 0.3 is 11.9 Å². The molecule has 0 aliphatic carbocycles. The van der Waals surface area contributed by atoms with Crippen LogP contribution in [0.5, 0.6) is 0 Å². The minimum Gasteiger partial charge on any atom is -0.462 e. The zero-order chi connectivity index (χ0) is 66.1. The number of unbranched alkanes of at least 4 members (excludes halogenated alkanes) is 44. The summed E-state index contributed by atoms with van der Waals surface area (Å²) < 4.78 is 23.7. The minimum atomic E-state index is -0.396. The molecule has 4 atom stereocenters. The fourth-order valence-electron chi connectivity index (χ4n) is 11.9. The van der Waals surface area contributed by atoms with E-state index in [9.17, 15) is 24.3 Å². The Labute approximate surface area is 559 Å². The Kier molecular flexibility index (Phi) is 75.6. The summed E-state index contributed by atoms with van der Waals surface area (Å²) in [5.41, 5.74) is 0.